The molecule has 5 heteroatoms. The molecule has 1 aliphatic rings. The van der Waals surface area contributed by atoms with E-state index >= 15 is 0 Å². The van der Waals surface area contributed by atoms with Gasteiger partial charge in [0.25, 0.3) is 0 Å². The summed E-state index contributed by atoms with van der Waals surface area (Å²) in [6.45, 7) is 7.96. The summed E-state index contributed by atoms with van der Waals surface area (Å²) in [6.07, 6.45) is 1.54. The third-order valence-electron chi connectivity index (χ3n) is 5.22. The third kappa shape index (κ3) is 6.31. The first kappa shape index (κ1) is 22.3. The lowest BCUT2D eigenvalue weighted by Crippen LogP contribution is -2.43. The lowest BCUT2D eigenvalue weighted by atomic mass is 10.0. The minimum atomic E-state index is -0.729. The Morgan fingerprint density at radius 2 is 1.90 bits per heavy atom. The Morgan fingerprint density at radius 3 is 2.63 bits per heavy atom. The highest BCUT2D eigenvalue weighted by Gasteiger charge is 2.40. The highest BCUT2D eigenvalue weighted by atomic mass is 16.6. The maximum atomic E-state index is 12.5. The van der Waals surface area contributed by atoms with Crippen LogP contribution in [0, 0.1) is 12.8 Å². The molecule has 2 N–H and O–H groups in total. The van der Waals surface area contributed by atoms with Gasteiger partial charge in [0, 0.05) is 5.92 Å². The van der Waals surface area contributed by atoms with E-state index in [4.69, 9.17) is 9.47 Å². The largest absolute Gasteiger partial charge is 0.493 e. The molecule has 2 aromatic carbocycles. The van der Waals surface area contributed by atoms with Crippen LogP contribution in [0.1, 0.15) is 43.9 Å². The Morgan fingerprint density at radius 1 is 1.13 bits per heavy atom. The molecule has 0 aliphatic carbocycles. The van der Waals surface area contributed by atoms with Crippen LogP contribution < -0.4 is 10.1 Å². The molecule has 3 rings (SSSR count). The molecule has 162 valence electrons. The highest BCUT2D eigenvalue weighted by Crippen LogP contribution is 2.26. The fourth-order valence-electron chi connectivity index (χ4n) is 3.82. The standard InChI is InChI=1S/C25H33NO4/c1-17-8-7-9-18(14-17)12-13-19-10-5-6-11-21(19)29-16-20-15-22(27)26-23(20)24(28)30-25(2,3)4/h5-11,14,20,22-23,26-27H,12-13,15-16H2,1-4H3/t20?,22-,23?/m1/s1. The van der Waals surface area contributed by atoms with Gasteiger partial charge < -0.3 is 14.6 Å². The molecular formula is C25H33NO4. The molecule has 2 aromatic rings. The van der Waals surface area contributed by atoms with Gasteiger partial charge in [-0.2, -0.15) is 0 Å². The molecule has 0 bridgehead atoms. The van der Waals surface area contributed by atoms with Crippen molar-refractivity contribution in [2.45, 2.75) is 64.8 Å². The van der Waals surface area contributed by atoms with E-state index in [1.54, 1.807) is 0 Å². The number of esters is 1. The fraction of sp³-hybridized carbons (Fsp3) is 0.480. The number of ether oxygens (including phenoxy) is 2. The topological polar surface area (TPSA) is 67.8 Å². The molecule has 3 atom stereocenters. The molecule has 1 heterocycles. The van der Waals surface area contributed by atoms with E-state index in [0.717, 1.165) is 24.2 Å². The summed E-state index contributed by atoms with van der Waals surface area (Å²) in [6, 6.07) is 16.0. The van der Waals surface area contributed by atoms with Gasteiger partial charge in [-0.1, -0.05) is 48.0 Å². The quantitative estimate of drug-likeness (QED) is 0.679. The molecule has 1 saturated heterocycles. The van der Waals surface area contributed by atoms with Crippen LogP contribution in [-0.2, 0) is 22.4 Å². The number of hydrogen-bond donors (Lipinski definition) is 2. The van der Waals surface area contributed by atoms with E-state index in [1.807, 2.05) is 39.0 Å². The summed E-state index contributed by atoms with van der Waals surface area (Å²) in [7, 11) is 0. The van der Waals surface area contributed by atoms with Crippen LogP contribution in [0.2, 0.25) is 0 Å². The first-order chi connectivity index (χ1) is 14.2. The van der Waals surface area contributed by atoms with Crippen molar-refractivity contribution in [2.24, 2.45) is 5.92 Å². The lowest BCUT2D eigenvalue weighted by Gasteiger charge is -2.25. The van der Waals surface area contributed by atoms with Crippen molar-refractivity contribution < 1.29 is 19.4 Å². The van der Waals surface area contributed by atoms with Crippen molar-refractivity contribution in [1.82, 2.24) is 5.32 Å². The van der Waals surface area contributed by atoms with Crippen molar-refractivity contribution in [3.05, 3.63) is 65.2 Å². The zero-order valence-corrected chi connectivity index (χ0v) is 18.4. The van der Waals surface area contributed by atoms with Crippen LogP contribution in [0.3, 0.4) is 0 Å². The van der Waals surface area contributed by atoms with Crippen LogP contribution in [0.5, 0.6) is 5.75 Å². The van der Waals surface area contributed by atoms with Crippen molar-refractivity contribution >= 4 is 5.97 Å². The number of carbonyl (C=O) groups is 1. The van der Waals surface area contributed by atoms with Gasteiger partial charge in [0.05, 0.1) is 6.61 Å². The number of aryl methyl sites for hydroxylation is 3. The van der Waals surface area contributed by atoms with Crippen LogP contribution in [-0.4, -0.2) is 35.6 Å². The maximum absolute atomic E-state index is 12.5. The minimum absolute atomic E-state index is 0.153. The van der Waals surface area contributed by atoms with E-state index in [9.17, 15) is 9.90 Å². The second-order valence-corrected chi connectivity index (χ2v) is 9.10. The Bertz CT molecular complexity index is 858. The van der Waals surface area contributed by atoms with E-state index in [0.29, 0.717) is 13.0 Å². The van der Waals surface area contributed by atoms with Gasteiger partial charge in [-0.15, -0.1) is 0 Å². The average molecular weight is 412 g/mol. The molecule has 0 radical (unpaired) electrons. The molecular weight excluding hydrogens is 378 g/mol. The average Bonchev–Trinajstić information content (AvgIpc) is 3.05. The summed E-state index contributed by atoms with van der Waals surface area (Å²) in [5.74, 6) is 0.328. The van der Waals surface area contributed by atoms with Gasteiger partial charge in [-0.05, 0) is 64.2 Å². The van der Waals surface area contributed by atoms with E-state index in [2.05, 4.69) is 42.6 Å². The third-order valence-corrected chi connectivity index (χ3v) is 5.22. The van der Waals surface area contributed by atoms with Crippen LogP contribution >= 0.6 is 0 Å². The SMILES string of the molecule is Cc1cccc(CCc2ccccc2OCC2C[C@@H](O)NC2C(=O)OC(C)(C)C)c1. The number of carbonyl (C=O) groups excluding carboxylic acids is 1. The minimum Gasteiger partial charge on any atom is -0.493 e. The smallest absolute Gasteiger partial charge is 0.324 e. The van der Waals surface area contributed by atoms with Gasteiger partial charge in [0.2, 0.25) is 0 Å². The summed E-state index contributed by atoms with van der Waals surface area (Å²) in [5.41, 5.74) is 3.13. The van der Waals surface area contributed by atoms with Crippen LogP contribution in [0.25, 0.3) is 0 Å². The van der Waals surface area contributed by atoms with E-state index in [-0.39, 0.29) is 11.9 Å². The predicted molar refractivity (Wildman–Crippen MR) is 117 cm³/mol. The number of benzene rings is 2. The summed E-state index contributed by atoms with van der Waals surface area (Å²) >= 11 is 0. The second-order valence-electron chi connectivity index (χ2n) is 9.10. The number of aliphatic hydroxyl groups excluding tert-OH is 1. The van der Waals surface area contributed by atoms with E-state index < -0.39 is 17.9 Å². The number of para-hydroxylation sites is 1. The molecule has 0 spiro atoms. The normalized spacial score (nSPS) is 21.4. The molecule has 0 saturated carbocycles. The molecule has 0 aromatic heterocycles. The van der Waals surface area contributed by atoms with Crippen LogP contribution in [0.4, 0.5) is 0 Å². The molecule has 0 amide bonds. The van der Waals surface area contributed by atoms with Crippen molar-refractivity contribution in [3.8, 4) is 5.75 Å². The lowest BCUT2D eigenvalue weighted by molar-refractivity contribution is -0.158. The van der Waals surface area contributed by atoms with Gasteiger partial charge >= 0.3 is 5.97 Å². The summed E-state index contributed by atoms with van der Waals surface area (Å²) in [5, 5.41) is 13.0. The summed E-state index contributed by atoms with van der Waals surface area (Å²) < 4.78 is 11.6. The van der Waals surface area contributed by atoms with Gasteiger partial charge in [-0.25, -0.2) is 0 Å². The Balaban J connectivity index is 1.62. The Labute approximate surface area is 179 Å². The summed E-state index contributed by atoms with van der Waals surface area (Å²) in [4.78, 5) is 12.5. The second kappa shape index (κ2) is 9.63. The molecule has 5 nitrogen and oxygen atoms in total. The number of hydrogen-bond acceptors (Lipinski definition) is 5. The van der Waals surface area contributed by atoms with Crippen molar-refractivity contribution in [2.75, 3.05) is 6.61 Å². The Hall–Kier alpha value is -2.37. The van der Waals surface area contributed by atoms with Crippen molar-refractivity contribution in [1.29, 1.82) is 0 Å². The predicted octanol–water partition coefficient (Wildman–Crippen LogP) is 3.80. The molecule has 30 heavy (non-hydrogen) atoms. The fourth-order valence-corrected chi connectivity index (χ4v) is 3.82. The van der Waals surface area contributed by atoms with Gasteiger partial charge in [0.15, 0.2) is 0 Å². The Kier molecular flexibility index (Phi) is 7.16. The van der Waals surface area contributed by atoms with Crippen LogP contribution in [0.15, 0.2) is 48.5 Å². The van der Waals surface area contributed by atoms with Gasteiger partial charge in [0.1, 0.15) is 23.6 Å². The first-order valence-electron chi connectivity index (χ1n) is 10.6. The number of aliphatic hydroxyl groups is 1. The highest BCUT2D eigenvalue weighted by molar-refractivity contribution is 5.77. The molecule has 1 fully saturated rings. The number of nitrogens with one attached hydrogen (secondary N) is 1. The monoisotopic (exact) mass is 411 g/mol. The number of rotatable bonds is 7. The van der Waals surface area contributed by atoms with Crippen molar-refractivity contribution in [3.63, 3.8) is 0 Å². The molecule has 1 aliphatic heterocycles. The van der Waals surface area contributed by atoms with Gasteiger partial charge in [-0.3, -0.25) is 10.1 Å². The zero-order valence-electron chi connectivity index (χ0n) is 18.4. The zero-order chi connectivity index (χ0) is 21.7. The molecule has 2 unspecified atom stereocenters. The van der Waals surface area contributed by atoms with E-state index in [1.165, 1.54) is 11.1 Å². The maximum Gasteiger partial charge on any atom is 0.324 e. The first-order valence-corrected chi connectivity index (χ1v) is 10.6.